The Morgan fingerprint density at radius 1 is 1.12 bits per heavy atom. The molecule has 0 nitrogen and oxygen atoms in total. The van der Waals surface area contributed by atoms with Crippen LogP contribution in [0.3, 0.4) is 0 Å². The van der Waals surface area contributed by atoms with E-state index in [9.17, 15) is 0 Å². The normalized spacial score (nSPS) is 36.6. The van der Waals surface area contributed by atoms with Crippen LogP contribution < -0.4 is 9.41 Å². The SMILES string of the molecule is CCP1C2=Cc3ccccc3[CH]2[Hf+2][CH]2C3C=CC=CC3CC21.[F-].[F-]. The zero-order valence-corrected chi connectivity index (χ0v) is 18.2. The van der Waals surface area contributed by atoms with Crippen molar-refractivity contribution in [2.45, 2.75) is 26.4 Å². The van der Waals surface area contributed by atoms with Gasteiger partial charge in [-0.25, -0.2) is 0 Å². The Hall–Kier alpha value is -0.400. The van der Waals surface area contributed by atoms with Crippen LogP contribution in [-0.4, -0.2) is 11.8 Å². The predicted molar refractivity (Wildman–Crippen MR) is 92.0 cm³/mol. The first kappa shape index (κ1) is 18.4. The minimum absolute atomic E-state index is 0. The van der Waals surface area contributed by atoms with Gasteiger partial charge in [0, 0.05) is 0 Å². The summed E-state index contributed by atoms with van der Waals surface area (Å²) in [6.45, 7) is 2.45. The maximum atomic E-state index is 2.62. The molecule has 1 aromatic carbocycles. The second-order valence-corrected chi connectivity index (χ2v) is 15.3. The van der Waals surface area contributed by atoms with Crippen molar-refractivity contribution in [3.8, 4) is 0 Å². The second kappa shape index (κ2) is 7.08. The Morgan fingerprint density at radius 2 is 1.92 bits per heavy atom. The van der Waals surface area contributed by atoms with Crippen LogP contribution in [0.2, 0.25) is 3.67 Å². The van der Waals surface area contributed by atoms with E-state index in [0.29, 0.717) is 0 Å². The third-order valence-corrected chi connectivity index (χ3v) is 18.6. The Bertz CT molecular complexity index is 711. The van der Waals surface area contributed by atoms with Crippen molar-refractivity contribution in [3.05, 3.63) is 65.0 Å². The van der Waals surface area contributed by atoms with Gasteiger partial charge >= 0.3 is 146 Å². The monoisotopic (exact) mass is 510 g/mol. The van der Waals surface area contributed by atoms with Gasteiger partial charge in [-0.05, 0) is 0 Å². The molecule has 3 aliphatic carbocycles. The van der Waals surface area contributed by atoms with Crippen molar-refractivity contribution in [1.82, 2.24) is 0 Å². The molecular weight excluding hydrogens is 488 g/mol. The number of halogens is 2. The molecule has 0 spiro atoms. The average molecular weight is 509 g/mol. The fraction of sp³-hybridized carbons (Fsp3) is 0.400. The summed E-state index contributed by atoms with van der Waals surface area (Å²) in [6, 6.07) is 9.28. The van der Waals surface area contributed by atoms with E-state index in [4.69, 9.17) is 0 Å². The molecule has 2 fully saturated rings. The van der Waals surface area contributed by atoms with Gasteiger partial charge in [0.2, 0.25) is 0 Å². The largest absolute Gasteiger partial charge is 1.00 e. The Balaban J connectivity index is 0.000000845. The van der Waals surface area contributed by atoms with Crippen molar-refractivity contribution >= 4 is 14.0 Å². The Kier molecular flexibility index (Phi) is 5.42. The van der Waals surface area contributed by atoms with Crippen molar-refractivity contribution < 1.29 is 32.3 Å². The molecule has 5 rings (SSSR count). The molecule has 4 aliphatic rings. The van der Waals surface area contributed by atoms with Crippen LogP contribution in [0.15, 0.2) is 53.9 Å². The van der Waals surface area contributed by atoms with E-state index < -0.39 is 22.9 Å². The average Bonchev–Trinajstić information content (AvgIpc) is 3.11. The first-order valence-corrected chi connectivity index (χ1v) is 14.3. The molecule has 1 saturated carbocycles. The van der Waals surface area contributed by atoms with Crippen molar-refractivity contribution in [3.63, 3.8) is 0 Å². The van der Waals surface area contributed by atoms with Crippen LogP contribution in [0.5, 0.6) is 0 Å². The van der Waals surface area contributed by atoms with Crippen LogP contribution in [0.4, 0.5) is 0 Å². The third-order valence-electron chi connectivity index (χ3n) is 5.98. The Morgan fingerprint density at radius 3 is 2.75 bits per heavy atom. The molecular formula is C20H21F2HfP. The molecule has 24 heavy (non-hydrogen) atoms. The molecule has 1 aromatic rings. The summed E-state index contributed by atoms with van der Waals surface area (Å²) in [5.41, 5.74) is 4.33. The van der Waals surface area contributed by atoms with Crippen molar-refractivity contribution in [2.24, 2.45) is 11.8 Å². The molecule has 6 unspecified atom stereocenters. The van der Waals surface area contributed by atoms with Gasteiger partial charge in [0.1, 0.15) is 0 Å². The van der Waals surface area contributed by atoms with E-state index in [1.165, 1.54) is 12.6 Å². The minimum atomic E-state index is -0.678. The molecule has 0 aromatic heterocycles. The molecule has 0 N–H and O–H groups in total. The summed E-state index contributed by atoms with van der Waals surface area (Å²) < 4.78 is 2.05. The molecule has 6 atom stereocenters. The first-order valence-electron chi connectivity index (χ1n) is 8.55. The maximum absolute atomic E-state index is 2.62. The van der Waals surface area contributed by atoms with Crippen LogP contribution in [0.1, 0.15) is 28.1 Å². The van der Waals surface area contributed by atoms with Gasteiger partial charge in [-0.2, -0.15) is 0 Å². The van der Waals surface area contributed by atoms with E-state index in [0.717, 1.165) is 24.8 Å². The third kappa shape index (κ3) is 2.58. The zero-order chi connectivity index (χ0) is 14.7. The van der Waals surface area contributed by atoms with E-state index >= 15 is 0 Å². The van der Waals surface area contributed by atoms with Crippen molar-refractivity contribution in [2.75, 3.05) is 6.16 Å². The predicted octanol–water partition coefficient (Wildman–Crippen LogP) is -0.393. The number of hydrogen-bond donors (Lipinski definition) is 0. The molecule has 1 aliphatic heterocycles. The molecule has 124 valence electrons. The number of rotatable bonds is 1. The van der Waals surface area contributed by atoms with Crippen LogP contribution in [0.25, 0.3) is 6.08 Å². The van der Waals surface area contributed by atoms with Crippen LogP contribution >= 0.6 is 7.92 Å². The quantitative estimate of drug-likeness (QED) is 0.358. The molecule has 1 heterocycles. The first-order chi connectivity index (χ1) is 10.9. The standard InChI is InChI=1S/C20H21P.2FH.Hf/c1-2-21(19-11-15-7-3-4-8-16(15)12-19)20-13-17-9-5-6-10-18(17)14-20;;;/h3-13,17-18,20H,2,14H2,1H3;2*1H;/q;;;+2/p-2. The van der Waals surface area contributed by atoms with Crippen molar-refractivity contribution in [1.29, 1.82) is 0 Å². The van der Waals surface area contributed by atoms with Gasteiger partial charge in [0.25, 0.3) is 0 Å². The molecule has 0 radical (unpaired) electrons. The van der Waals surface area contributed by atoms with Gasteiger partial charge in [-0.1, -0.05) is 0 Å². The zero-order valence-electron chi connectivity index (χ0n) is 13.7. The topological polar surface area (TPSA) is 0 Å². The van der Waals surface area contributed by atoms with Gasteiger partial charge in [-0.15, -0.1) is 0 Å². The van der Waals surface area contributed by atoms with E-state index in [2.05, 4.69) is 61.6 Å². The number of fused-ring (bicyclic) bond motifs is 6. The summed E-state index contributed by atoms with van der Waals surface area (Å²) in [5, 5.41) is 1.91. The van der Waals surface area contributed by atoms with Gasteiger partial charge in [-0.3, -0.25) is 0 Å². The van der Waals surface area contributed by atoms with E-state index in [1.807, 2.05) is 5.31 Å². The van der Waals surface area contributed by atoms with Crippen LogP contribution in [-0.2, 0) is 22.9 Å². The molecule has 1 saturated heterocycles. The summed E-state index contributed by atoms with van der Waals surface area (Å²) in [5.74, 6) is 1.78. The molecule has 4 heteroatoms. The summed E-state index contributed by atoms with van der Waals surface area (Å²) in [6.07, 6.45) is 15.2. The minimum Gasteiger partial charge on any atom is -1.00 e. The van der Waals surface area contributed by atoms with E-state index in [-0.39, 0.29) is 17.3 Å². The fourth-order valence-corrected chi connectivity index (χ4v) is 20.4. The van der Waals surface area contributed by atoms with Gasteiger partial charge < -0.3 is 9.41 Å². The summed E-state index contributed by atoms with van der Waals surface area (Å²) >= 11 is -0.678. The number of benzene rings is 1. The second-order valence-electron chi connectivity index (χ2n) is 6.92. The van der Waals surface area contributed by atoms with E-state index in [1.54, 1.807) is 11.1 Å². The number of hydrogen-bond acceptors (Lipinski definition) is 0. The van der Waals surface area contributed by atoms with Gasteiger partial charge in [0.15, 0.2) is 0 Å². The number of allylic oxidation sites excluding steroid dienone is 5. The maximum Gasteiger partial charge on any atom is -1.00 e. The summed E-state index contributed by atoms with van der Waals surface area (Å²) in [7, 11) is 0.108. The fourth-order valence-electron chi connectivity index (χ4n) is 5.05. The smallest absolute Gasteiger partial charge is 1.00 e. The molecule has 0 bridgehead atoms. The van der Waals surface area contributed by atoms with Crippen LogP contribution in [0, 0.1) is 11.8 Å². The summed E-state index contributed by atoms with van der Waals surface area (Å²) in [4.78, 5) is 0. The molecule has 0 amide bonds. The Labute approximate surface area is 155 Å². The van der Waals surface area contributed by atoms with Gasteiger partial charge in [0.05, 0.1) is 0 Å².